The molecule has 2 saturated heterocycles. The molecule has 1 aromatic heterocycles. The Labute approximate surface area is 171 Å². The average Bonchev–Trinajstić information content (AvgIpc) is 3.21. The highest BCUT2D eigenvalue weighted by atomic mass is 19.1. The lowest BCUT2D eigenvalue weighted by Crippen LogP contribution is -2.49. The number of hydrogen-bond acceptors (Lipinski definition) is 4. The summed E-state index contributed by atoms with van der Waals surface area (Å²) in [4.78, 5) is 21.9. The van der Waals surface area contributed by atoms with Gasteiger partial charge in [0.2, 0.25) is 5.88 Å². The van der Waals surface area contributed by atoms with Crippen molar-refractivity contribution in [2.24, 2.45) is 0 Å². The van der Waals surface area contributed by atoms with Crippen molar-refractivity contribution in [3.8, 4) is 5.88 Å². The van der Waals surface area contributed by atoms with Crippen molar-refractivity contribution in [1.29, 1.82) is 0 Å². The summed E-state index contributed by atoms with van der Waals surface area (Å²) in [6.45, 7) is 8.23. The lowest BCUT2D eigenvalue weighted by atomic mass is 9.87. The van der Waals surface area contributed by atoms with Gasteiger partial charge in [0.05, 0.1) is 17.7 Å². The van der Waals surface area contributed by atoms with E-state index in [0.717, 1.165) is 31.5 Å². The molecule has 0 N–H and O–H groups in total. The summed E-state index contributed by atoms with van der Waals surface area (Å²) in [5.41, 5.74) is 1.03. The number of nitrogens with zero attached hydrogens (tertiary/aromatic N) is 3. The number of carbonyl (C=O) groups is 1. The van der Waals surface area contributed by atoms with Crippen molar-refractivity contribution in [1.82, 2.24) is 9.88 Å². The second kappa shape index (κ2) is 7.32. The third-order valence-corrected chi connectivity index (χ3v) is 6.18. The van der Waals surface area contributed by atoms with Gasteiger partial charge in [-0.25, -0.2) is 9.37 Å². The highest BCUT2D eigenvalue weighted by Crippen LogP contribution is 2.47. The van der Waals surface area contributed by atoms with Crippen LogP contribution in [-0.2, 0) is 0 Å². The fraction of sp³-hybridized carbons (Fsp3) is 0.478. The van der Waals surface area contributed by atoms with Crippen LogP contribution in [-0.4, -0.2) is 46.6 Å². The van der Waals surface area contributed by atoms with Crippen molar-refractivity contribution < 1.29 is 13.9 Å². The minimum atomic E-state index is -0.245. The molecule has 1 spiro atoms. The van der Waals surface area contributed by atoms with Crippen LogP contribution in [0.25, 0.3) is 0 Å². The molecule has 29 heavy (non-hydrogen) atoms. The molecule has 2 aliphatic rings. The van der Waals surface area contributed by atoms with Gasteiger partial charge in [-0.1, -0.05) is 6.07 Å². The van der Waals surface area contributed by atoms with Crippen LogP contribution in [0, 0.1) is 5.82 Å². The number of hydrogen-bond donors (Lipinski definition) is 0. The average molecular weight is 397 g/mol. The predicted octanol–water partition coefficient (Wildman–Crippen LogP) is 4.28. The van der Waals surface area contributed by atoms with Gasteiger partial charge in [-0.3, -0.25) is 4.79 Å². The number of carbonyl (C=O) groups excluding carboxylic acids is 1. The topological polar surface area (TPSA) is 45.7 Å². The molecule has 3 heterocycles. The molecule has 2 aliphatic heterocycles. The molecular formula is C23H28FN3O2. The lowest BCUT2D eigenvalue weighted by Gasteiger charge is -2.35. The molecule has 5 nitrogen and oxygen atoms in total. The molecule has 2 fully saturated rings. The number of aromatic nitrogens is 1. The first kappa shape index (κ1) is 19.7. The number of pyridine rings is 1. The van der Waals surface area contributed by atoms with Gasteiger partial charge < -0.3 is 14.5 Å². The van der Waals surface area contributed by atoms with Crippen LogP contribution in [0.3, 0.4) is 0 Å². The van der Waals surface area contributed by atoms with Crippen LogP contribution in [0.4, 0.5) is 10.1 Å². The van der Waals surface area contributed by atoms with Gasteiger partial charge in [0.1, 0.15) is 5.82 Å². The highest BCUT2D eigenvalue weighted by Gasteiger charge is 2.55. The van der Waals surface area contributed by atoms with Crippen LogP contribution in [0.5, 0.6) is 5.88 Å². The van der Waals surface area contributed by atoms with Crippen molar-refractivity contribution in [3.63, 3.8) is 0 Å². The molecule has 0 aliphatic carbocycles. The molecule has 2 aromatic rings. The molecule has 0 saturated carbocycles. The summed E-state index contributed by atoms with van der Waals surface area (Å²) < 4.78 is 19.2. The summed E-state index contributed by atoms with van der Waals surface area (Å²) in [5, 5.41) is 0. The van der Waals surface area contributed by atoms with Crippen LogP contribution >= 0.6 is 0 Å². The van der Waals surface area contributed by atoms with Crippen LogP contribution in [0.1, 0.15) is 50.4 Å². The van der Waals surface area contributed by atoms with Gasteiger partial charge in [-0.05, 0) is 64.3 Å². The zero-order valence-corrected chi connectivity index (χ0v) is 17.3. The van der Waals surface area contributed by atoms with Gasteiger partial charge in [-0.15, -0.1) is 0 Å². The number of ether oxygens (including phenoxy) is 1. The van der Waals surface area contributed by atoms with E-state index in [1.54, 1.807) is 30.5 Å². The third-order valence-electron chi connectivity index (χ3n) is 6.18. The van der Waals surface area contributed by atoms with E-state index in [0.29, 0.717) is 24.6 Å². The SMILES string of the molecule is CCOc1ccc(C(=O)N2CCCC23CN(c2cccc(F)c2)C(C)(C)C3)cn1. The summed E-state index contributed by atoms with van der Waals surface area (Å²) in [6, 6.07) is 10.3. The highest BCUT2D eigenvalue weighted by molar-refractivity contribution is 5.95. The van der Waals surface area contributed by atoms with Gasteiger partial charge in [-0.2, -0.15) is 0 Å². The van der Waals surface area contributed by atoms with E-state index in [2.05, 4.69) is 23.7 Å². The van der Waals surface area contributed by atoms with E-state index in [1.807, 2.05) is 17.9 Å². The summed E-state index contributed by atoms with van der Waals surface area (Å²) in [6.07, 6.45) is 4.39. The Morgan fingerprint density at radius 2 is 2.10 bits per heavy atom. The predicted molar refractivity (Wildman–Crippen MR) is 111 cm³/mol. The van der Waals surface area contributed by atoms with E-state index < -0.39 is 0 Å². The van der Waals surface area contributed by atoms with E-state index in [1.165, 1.54) is 6.07 Å². The summed E-state index contributed by atoms with van der Waals surface area (Å²) in [5.74, 6) is 0.300. The number of likely N-dealkylation sites (tertiary alicyclic amines) is 1. The first-order chi connectivity index (χ1) is 13.8. The number of rotatable bonds is 4. The fourth-order valence-electron chi connectivity index (χ4n) is 5.05. The van der Waals surface area contributed by atoms with Crippen LogP contribution < -0.4 is 9.64 Å². The van der Waals surface area contributed by atoms with Crippen molar-refractivity contribution in [3.05, 3.63) is 54.0 Å². The fourth-order valence-corrected chi connectivity index (χ4v) is 5.05. The molecule has 1 unspecified atom stereocenters. The quantitative estimate of drug-likeness (QED) is 0.772. The maximum atomic E-state index is 13.8. The van der Waals surface area contributed by atoms with Crippen LogP contribution in [0.2, 0.25) is 0 Å². The molecule has 0 bridgehead atoms. The van der Waals surface area contributed by atoms with E-state index in [-0.39, 0.29) is 22.8 Å². The number of amides is 1. The summed E-state index contributed by atoms with van der Waals surface area (Å²) in [7, 11) is 0. The standard InChI is InChI=1S/C23H28FN3O2/c1-4-29-20-10-9-17(14-25-20)21(28)26-12-6-11-23(26)15-22(2,3)27(16-23)19-8-5-7-18(24)13-19/h5,7-10,13-14H,4,6,11-12,15-16H2,1-3H3. The molecule has 0 radical (unpaired) electrons. The van der Waals surface area contributed by atoms with Crippen molar-refractivity contribution in [2.75, 3.05) is 24.6 Å². The van der Waals surface area contributed by atoms with Crippen molar-refractivity contribution in [2.45, 2.75) is 51.1 Å². The summed E-state index contributed by atoms with van der Waals surface area (Å²) >= 11 is 0. The zero-order chi connectivity index (χ0) is 20.6. The maximum absolute atomic E-state index is 13.8. The third kappa shape index (κ3) is 3.56. The Hall–Kier alpha value is -2.63. The second-order valence-corrected chi connectivity index (χ2v) is 8.66. The number of halogens is 1. The molecular weight excluding hydrogens is 369 g/mol. The number of anilines is 1. The van der Waals surface area contributed by atoms with Gasteiger partial charge in [0.25, 0.3) is 5.91 Å². The normalized spacial score (nSPS) is 23.0. The Morgan fingerprint density at radius 3 is 2.79 bits per heavy atom. The van der Waals surface area contributed by atoms with Gasteiger partial charge in [0.15, 0.2) is 0 Å². The molecule has 1 atom stereocenters. The Kier molecular flexibility index (Phi) is 4.97. The lowest BCUT2D eigenvalue weighted by molar-refractivity contribution is 0.0617. The maximum Gasteiger partial charge on any atom is 0.255 e. The van der Waals surface area contributed by atoms with E-state index in [4.69, 9.17) is 4.74 Å². The second-order valence-electron chi connectivity index (χ2n) is 8.66. The Morgan fingerprint density at radius 1 is 1.28 bits per heavy atom. The number of benzene rings is 1. The minimum absolute atomic E-state index is 0.00920. The molecule has 1 aromatic carbocycles. The van der Waals surface area contributed by atoms with E-state index >= 15 is 0 Å². The minimum Gasteiger partial charge on any atom is -0.478 e. The monoisotopic (exact) mass is 397 g/mol. The van der Waals surface area contributed by atoms with Gasteiger partial charge >= 0.3 is 0 Å². The largest absolute Gasteiger partial charge is 0.478 e. The molecule has 1 amide bonds. The van der Waals surface area contributed by atoms with Crippen molar-refractivity contribution >= 4 is 11.6 Å². The smallest absolute Gasteiger partial charge is 0.255 e. The first-order valence-electron chi connectivity index (χ1n) is 10.3. The zero-order valence-electron chi connectivity index (χ0n) is 17.3. The van der Waals surface area contributed by atoms with E-state index in [9.17, 15) is 9.18 Å². The first-order valence-corrected chi connectivity index (χ1v) is 10.3. The van der Waals surface area contributed by atoms with Gasteiger partial charge in [0, 0.05) is 36.6 Å². The molecule has 4 rings (SSSR count). The Bertz CT molecular complexity index is 899. The molecule has 154 valence electrons. The van der Waals surface area contributed by atoms with Crippen LogP contribution in [0.15, 0.2) is 42.6 Å². The molecule has 6 heteroatoms. The Balaban J connectivity index is 1.61.